The van der Waals surface area contributed by atoms with Gasteiger partial charge in [0, 0.05) is 12.7 Å². The Bertz CT molecular complexity index is 1180. The molecule has 1 amide bonds. The van der Waals surface area contributed by atoms with Crippen LogP contribution in [0.2, 0.25) is 0 Å². The monoisotopic (exact) mass is 422 g/mol. The van der Waals surface area contributed by atoms with Crippen LogP contribution in [0.1, 0.15) is 16.1 Å². The number of hydrogen-bond donors (Lipinski definition) is 3. The van der Waals surface area contributed by atoms with Crippen LogP contribution in [0.25, 0.3) is 11.2 Å². The van der Waals surface area contributed by atoms with Gasteiger partial charge in [-0.1, -0.05) is 0 Å². The second-order valence-electron chi connectivity index (χ2n) is 5.94. The van der Waals surface area contributed by atoms with E-state index >= 15 is 0 Å². The molecule has 0 unspecified atom stereocenters. The van der Waals surface area contributed by atoms with Crippen LogP contribution in [0, 0.1) is 0 Å². The number of aromatic carboxylic acids is 1. The summed E-state index contributed by atoms with van der Waals surface area (Å²) in [6.45, 7) is -0.666. The van der Waals surface area contributed by atoms with Gasteiger partial charge in [0.25, 0.3) is 5.56 Å². The first-order chi connectivity index (χ1) is 14.1. The second kappa shape index (κ2) is 7.77. The number of amides is 1. The first-order valence-electron chi connectivity index (χ1n) is 8.26. The maximum absolute atomic E-state index is 13.1. The SMILES string of the molecule is CNc1nc2ncc(CN(C(=O)C(F)(F)F)c3ccc(C(=O)O)cc3)nc2c(=O)[nH]1. The smallest absolute Gasteiger partial charge is 0.471 e. The highest BCUT2D eigenvalue weighted by molar-refractivity contribution is 5.97. The van der Waals surface area contributed by atoms with Crippen molar-refractivity contribution in [1.29, 1.82) is 0 Å². The lowest BCUT2D eigenvalue weighted by atomic mass is 10.2. The fourth-order valence-electron chi connectivity index (χ4n) is 2.53. The van der Waals surface area contributed by atoms with Crippen LogP contribution in [0.5, 0.6) is 0 Å². The Morgan fingerprint density at radius 2 is 1.87 bits per heavy atom. The van der Waals surface area contributed by atoms with Gasteiger partial charge in [-0.05, 0) is 24.3 Å². The average Bonchev–Trinajstić information content (AvgIpc) is 2.71. The van der Waals surface area contributed by atoms with Gasteiger partial charge >= 0.3 is 18.1 Å². The van der Waals surface area contributed by atoms with Crippen molar-refractivity contribution in [2.75, 3.05) is 17.3 Å². The van der Waals surface area contributed by atoms with Crippen molar-refractivity contribution in [1.82, 2.24) is 19.9 Å². The third-order valence-electron chi connectivity index (χ3n) is 3.94. The van der Waals surface area contributed by atoms with Crippen LogP contribution >= 0.6 is 0 Å². The molecule has 0 bridgehead atoms. The predicted octanol–water partition coefficient (Wildman–Crippen LogP) is 1.55. The molecule has 0 aliphatic carbocycles. The van der Waals surface area contributed by atoms with E-state index in [4.69, 9.17) is 5.11 Å². The molecule has 10 nitrogen and oxygen atoms in total. The normalized spacial score (nSPS) is 11.3. The predicted molar refractivity (Wildman–Crippen MR) is 98.1 cm³/mol. The molecule has 0 aliphatic rings. The van der Waals surface area contributed by atoms with Gasteiger partial charge in [-0.3, -0.25) is 19.5 Å². The Labute approximate surface area is 165 Å². The molecule has 3 N–H and O–H groups in total. The molecule has 0 aliphatic heterocycles. The Morgan fingerprint density at radius 3 is 2.43 bits per heavy atom. The van der Waals surface area contributed by atoms with E-state index in [1.807, 2.05) is 0 Å². The number of benzene rings is 1. The number of rotatable bonds is 5. The molecule has 0 saturated carbocycles. The van der Waals surface area contributed by atoms with Gasteiger partial charge < -0.3 is 10.4 Å². The summed E-state index contributed by atoms with van der Waals surface area (Å²) in [5, 5.41) is 11.5. The highest BCUT2D eigenvalue weighted by Gasteiger charge is 2.43. The highest BCUT2D eigenvalue weighted by Crippen LogP contribution is 2.25. The molecule has 13 heteroatoms. The van der Waals surface area contributed by atoms with Crippen molar-refractivity contribution >= 4 is 34.7 Å². The fourth-order valence-corrected chi connectivity index (χ4v) is 2.53. The van der Waals surface area contributed by atoms with E-state index < -0.39 is 30.2 Å². The molecule has 156 valence electrons. The van der Waals surface area contributed by atoms with Gasteiger partial charge in [0.2, 0.25) is 5.95 Å². The Hall–Kier alpha value is -4.03. The van der Waals surface area contributed by atoms with Gasteiger partial charge in [-0.2, -0.15) is 18.2 Å². The van der Waals surface area contributed by atoms with Gasteiger partial charge in [-0.15, -0.1) is 0 Å². The number of anilines is 2. The topological polar surface area (TPSA) is 141 Å². The second-order valence-corrected chi connectivity index (χ2v) is 5.94. The Morgan fingerprint density at radius 1 is 1.20 bits per heavy atom. The van der Waals surface area contributed by atoms with E-state index in [0.717, 1.165) is 30.5 Å². The maximum atomic E-state index is 13.1. The van der Waals surface area contributed by atoms with Crippen LogP contribution in [0.4, 0.5) is 24.8 Å². The number of fused-ring (bicyclic) bond motifs is 1. The number of aromatic amines is 1. The van der Waals surface area contributed by atoms with Crippen LogP contribution in [0.15, 0.2) is 35.3 Å². The lowest BCUT2D eigenvalue weighted by Gasteiger charge is -2.23. The molecular weight excluding hydrogens is 409 g/mol. The lowest BCUT2D eigenvalue weighted by Crippen LogP contribution is -2.41. The number of carboxylic acids is 1. The number of alkyl halides is 3. The number of nitrogens with one attached hydrogen (secondary N) is 2. The Balaban J connectivity index is 2.02. The largest absolute Gasteiger partial charge is 0.478 e. The van der Waals surface area contributed by atoms with Crippen molar-refractivity contribution in [3.8, 4) is 0 Å². The van der Waals surface area contributed by atoms with Crippen LogP contribution < -0.4 is 15.8 Å². The van der Waals surface area contributed by atoms with E-state index in [2.05, 4.69) is 25.3 Å². The highest BCUT2D eigenvalue weighted by atomic mass is 19.4. The summed E-state index contributed by atoms with van der Waals surface area (Å²) in [5.74, 6) is -3.34. The van der Waals surface area contributed by atoms with Crippen LogP contribution in [-0.4, -0.2) is 50.1 Å². The standard InChI is InChI=1S/C17H13F3N6O4/c1-21-16-24-12-11(13(27)25-16)23-9(6-22-12)7-26(15(30)17(18,19)20)10-4-2-8(3-5-10)14(28)29/h2-6H,7H2,1H3,(H,28,29)(H2,21,22,24,25,27). The van der Waals surface area contributed by atoms with Crippen molar-refractivity contribution in [2.45, 2.75) is 12.7 Å². The molecule has 0 radical (unpaired) electrons. The zero-order valence-electron chi connectivity index (χ0n) is 15.2. The number of H-pyrrole nitrogens is 1. The third-order valence-corrected chi connectivity index (χ3v) is 3.94. The summed E-state index contributed by atoms with van der Waals surface area (Å²) in [5.41, 5.74) is -1.40. The van der Waals surface area contributed by atoms with Crippen molar-refractivity contribution in [2.24, 2.45) is 0 Å². The summed E-state index contributed by atoms with van der Waals surface area (Å²) in [7, 11) is 1.52. The third kappa shape index (κ3) is 4.19. The number of hydrogen-bond acceptors (Lipinski definition) is 7. The van der Waals surface area contributed by atoms with Gasteiger partial charge in [0.05, 0.1) is 24.0 Å². The summed E-state index contributed by atoms with van der Waals surface area (Å²) in [4.78, 5) is 49.6. The van der Waals surface area contributed by atoms with Gasteiger partial charge in [0.1, 0.15) is 0 Å². The molecule has 3 aromatic rings. The maximum Gasteiger partial charge on any atom is 0.471 e. The number of aromatic nitrogens is 4. The molecule has 0 fully saturated rings. The van der Waals surface area contributed by atoms with E-state index in [9.17, 15) is 27.6 Å². The molecule has 0 atom stereocenters. The molecule has 2 heterocycles. The quantitative estimate of drug-likeness (QED) is 0.562. The fraction of sp³-hybridized carbons (Fsp3) is 0.176. The molecular formula is C17H13F3N6O4. The van der Waals surface area contributed by atoms with E-state index in [1.54, 1.807) is 0 Å². The molecule has 30 heavy (non-hydrogen) atoms. The number of carbonyl (C=O) groups is 2. The molecule has 2 aromatic heterocycles. The zero-order valence-corrected chi connectivity index (χ0v) is 15.2. The first kappa shape index (κ1) is 20.7. The number of nitrogens with zero attached hydrogens (tertiary/aromatic N) is 4. The summed E-state index contributed by atoms with van der Waals surface area (Å²) >= 11 is 0. The van der Waals surface area contributed by atoms with E-state index in [-0.39, 0.29) is 34.1 Å². The minimum absolute atomic E-state index is 0.0358. The van der Waals surface area contributed by atoms with Crippen molar-refractivity contribution < 1.29 is 27.9 Å². The van der Waals surface area contributed by atoms with Crippen molar-refractivity contribution in [3.63, 3.8) is 0 Å². The van der Waals surface area contributed by atoms with Gasteiger partial charge in [0.15, 0.2) is 11.2 Å². The zero-order chi connectivity index (χ0) is 22.1. The van der Waals surface area contributed by atoms with Crippen LogP contribution in [0.3, 0.4) is 0 Å². The minimum Gasteiger partial charge on any atom is -0.478 e. The Kier molecular flexibility index (Phi) is 5.36. The molecule has 3 rings (SSSR count). The molecule has 0 saturated heterocycles. The summed E-state index contributed by atoms with van der Waals surface area (Å²) in [6.07, 6.45) is -4.10. The van der Waals surface area contributed by atoms with Crippen LogP contribution in [-0.2, 0) is 11.3 Å². The lowest BCUT2D eigenvalue weighted by molar-refractivity contribution is -0.170. The summed E-state index contributed by atoms with van der Waals surface area (Å²) in [6, 6.07) is 4.26. The molecule has 0 spiro atoms. The van der Waals surface area contributed by atoms with Gasteiger partial charge in [-0.25, -0.2) is 14.8 Å². The number of carbonyl (C=O) groups excluding carboxylic acids is 1. The first-order valence-corrected chi connectivity index (χ1v) is 8.26. The molecule has 1 aromatic carbocycles. The minimum atomic E-state index is -5.20. The average molecular weight is 422 g/mol. The van der Waals surface area contributed by atoms with E-state index in [0.29, 0.717) is 4.90 Å². The van der Waals surface area contributed by atoms with Crippen molar-refractivity contribution in [3.05, 3.63) is 52.1 Å². The number of carboxylic acid groups (broad SMARTS) is 1. The van der Waals surface area contributed by atoms with E-state index in [1.165, 1.54) is 7.05 Å². The summed E-state index contributed by atoms with van der Waals surface area (Å²) < 4.78 is 39.3. The number of halogens is 3.